The summed E-state index contributed by atoms with van der Waals surface area (Å²) >= 11 is 0. The molecule has 3 nitrogen and oxygen atoms in total. The van der Waals surface area contributed by atoms with Crippen molar-refractivity contribution >= 4 is 5.97 Å². The van der Waals surface area contributed by atoms with Crippen LogP contribution in [-0.4, -0.2) is 37.1 Å². The van der Waals surface area contributed by atoms with Crippen molar-refractivity contribution in [2.75, 3.05) is 26.2 Å². The number of hydrogen-bond donors (Lipinski definition) is 0. The quantitative estimate of drug-likeness (QED) is 0.457. The highest BCUT2D eigenvalue weighted by Gasteiger charge is 1.99. The molecule has 0 saturated carbocycles. The van der Waals surface area contributed by atoms with Crippen LogP contribution >= 0.6 is 0 Å². The molecule has 0 amide bonds. The zero-order valence-corrected chi connectivity index (χ0v) is 10.2. The van der Waals surface area contributed by atoms with E-state index in [1.54, 1.807) is 0 Å². The van der Waals surface area contributed by atoms with Crippen LogP contribution in [0.2, 0.25) is 0 Å². The number of hydrogen-bond acceptors (Lipinski definition) is 3. The van der Waals surface area contributed by atoms with Gasteiger partial charge in [0.25, 0.3) is 0 Å². The molecule has 0 rings (SSSR count). The van der Waals surface area contributed by atoms with E-state index >= 15 is 0 Å². The summed E-state index contributed by atoms with van der Waals surface area (Å²) in [5, 5.41) is 0. The van der Waals surface area contributed by atoms with Crippen LogP contribution in [0.25, 0.3) is 0 Å². The van der Waals surface area contributed by atoms with Crippen molar-refractivity contribution in [3.05, 3.63) is 12.2 Å². The van der Waals surface area contributed by atoms with Gasteiger partial charge in [-0.3, -0.25) is 4.90 Å². The van der Waals surface area contributed by atoms with Crippen LogP contribution in [-0.2, 0) is 9.53 Å². The molecule has 0 bridgehead atoms. The minimum Gasteiger partial charge on any atom is -0.463 e. The van der Waals surface area contributed by atoms with Gasteiger partial charge in [0.15, 0.2) is 0 Å². The average Bonchev–Trinajstić information content (AvgIpc) is 2.23. The molecule has 0 unspecified atom stereocenters. The first-order valence-electron chi connectivity index (χ1n) is 5.80. The van der Waals surface area contributed by atoms with Crippen LogP contribution in [0, 0.1) is 0 Å². The van der Waals surface area contributed by atoms with Gasteiger partial charge in [-0.05, 0) is 26.4 Å². The molecule has 0 radical (unpaired) electrons. The number of unbranched alkanes of at least 4 members (excludes halogenated alkanes) is 1. The molecule has 0 aromatic carbocycles. The minimum atomic E-state index is -0.246. The lowest BCUT2D eigenvalue weighted by molar-refractivity contribution is -0.137. The summed E-state index contributed by atoms with van der Waals surface area (Å²) in [6, 6.07) is 0. The van der Waals surface area contributed by atoms with Crippen molar-refractivity contribution in [3.63, 3.8) is 0 Å². The Morgan fingerprint density at radius 3 is 2.60 bits per heavy atom. The van der Waals surface area contributed by atoms with Crippen molar-refractivity contribution in [1.29, 1.82) is 0 Å². The van der Waals surface area contributed by atoms with Gasteiger partial charge < -0.3 is 4.74 Å². The molecule has 0 saturated heterocycles. The lowest BCUT2D eigenvalue weighted by atomic mass is 10.3. The Morgan fingerprint density at radius 2 is 2.07 bits per heavy atom. The van der Waals surface area contributed by atoms with Crippen molar-refractivity contribution in [1.82, 2.24) is 4.90 Å². The molecule has 0 spiro atoms. The third kappa shape index (κ3) is 8.18. The second-order valence-electron chi connectivity index (χ2n) is 3.40. The van der Waals surface area contributed by atoms with E-state index in [2.05, 4.69) is 18.7 Å². The largest absolute Gasteiger partial charge is 0.463 e. The summed E-state index contributed by atoms with van der Waals surface area (Å²) in [6.07, 6.45) is 5.80. The van der Waals surface area contributed by atoms with Gasteiger partial charge in [-0.1, -0.05) is 26.3 Å². The molecule has 0 aliphatic carbocycles. The van der Waals surface area contributed by atoms with Gasteiger partial charge in [-0.15, -0.1) is 0 Å². The first kappa shape index (κ1) is 14.2. The van der Waals surface area contributed by atoms with E-state index in [1.807, 2.05) is 13.0 Å². The number of nitrogens with zero attached hydrogens (tertiary/aromatic N) is 1. The van der Waals surface area contributed by atoms with Crippen molar-refractivity contribution < 1.29 is 9.53 Å². The van der Waals surface area contributed by atoms with Gasteiger partial charge in [0.1, 0.15) is 0 Å². The Balaban J connectivity index is 3.73. The van der Waals surface area contributed by atoms with Crippen LogP contribution in [0.1, 0.15) is 33.6 Å². The van der Waals surface area contributed by atoms with E-state index in [9.17, 15) is 4.79 Å². The monoisotopic (exact) mass is 213 g/mol. The van der Waals surface area contributed by atoms with Gasteiger partial charge in [-0.2, -0.15) is 0 Å². The maximum Gasteiger partial charge on any atom is 0.330 e. The summed E-state index contributed by atoms with van der Waals surface area (Å²) in [7, 11) is 0. The number of ether oxygens (including phenoxy) is 1. The van der Waals surface area contributed by atoms with Crippen molar-refractivity contribution in [3.8, 4) is 0 Å². The summed E-state index contributed by atoms with van der Waals surface area (Å²) in [6.45, 7) is 9.51. The highest BCUT2D eigenvalue weighted by Crippen LogP contribution is 1.95. The van der Waals surface area contributed by atoms with Crippen LogP contribution < -0.4 is 0 Å². The number of carbonyl (C=O) groups excluding carboxylic acids is 1. The maximum atomic E-state index is 11.0. The average molecular weight is 213 g/mol. The molecule has 15 heavy (non-hydrogen) atoms. The fourth-order valence-corrected chi connectivity index (χ4v) is 1.25. The second-order valence-corrected chi connectivity index (χ2v) is 3.40. The third-order valence-electron chi connectivity index (χ3n) is 2.18. The molecule has 0 N–H and O–H groups in total. The fraction of sp³-hybridized carbons (Fsp3) is 0.750. The van der Waals surface area contributed by atoms with Gasteiger partial charge in [0.2, 0.25) is 0 Å². The van der Waals surface area contributed by atoms with Crippen LogP contribution in [0.15, 0.2) is 12.2 Å². The zero-order chi connectivity index (χ0) is 11.5. The topological polar surface area (TPSA) is 29.5 Å². The maximum absolute atomic E-state index is 11.0. The van der Waals surface area contributed by atoms with E-state index in [-0.39, 0.29) is 5.97 Å². The Hall–Kier alpha value is -0.830. The molecule has 0 atom stereocenters. The van der Waals surface area contributed by atoms with E-state index in [0.29, 0.717) is 6.61 Å². The van der Waals surface area contributed by atoms with Gasteiger partial charge in [0.05, 0.1) is 6.61 Å². The first-order valence-corrected chi connectivity index (χ1v) is 5.80. The molecule has 3 heteroatoms. The molecule has 0 aliphatic heterocycles. The Morgan fingerprint density at radius 1 is 1.33 bits per heavy atom. The fourth-order valence-electron chi connectivity index (χ4n) is 1.25. The highest BCUT2D eigenvalue weighted by atomic mass is 16.5. The lowest BCUT2D eigenvalue weighted by Crippen LogP contribution is -2.24. The molecular formula is C12H23NO2. The molecule has 88 valence electrons. The minimum absolute atomic E-state index is 0.246. The SMILES string of the molecule is CCCCN(CC)C/C=C/C(=O)OCC. The molecule has 0 heterocycles. The Labute approximate surface area is 93.1 Å². The van der Waals surface area contributed by atoms with E-state index in [4.69, 9.17) is 4.74 Å². The normalized spacial score (nSPS) is 11.2. The predicted molar refractivity (Wildman–Crippen MR) is 62.8 cm³/mol. The van der Waals surface area contributed by atoms with E-state index in [0.717, 1.165) is 19.6 Å². The molecular weight excluding hydrogens is 190 g/mol. The zero-order valence-electron chi connectivity index (χ0n) is 10.2. The second kappa shape index (κ2) is 9.71. The number of carbonyl (C=O) groups is 1. The standard InChI is InChI=1S/C12H23NO2/c1-4-7-10-13(5-2)11-8-9-12(14)15-6-3/h8-9H,4-7,10-11H2,1-3H3/b9-8+. The predicted octanol–water partition coefficient (Wildman–Crippen LogP) is 2.23. The molecule has 0 aromatic heterocycles. The number of rotatable bonds is 8. The smallest absolute Gasteiger partial charge is 0.330 e. The van der Waals surface area contributed by atoms with Gasteiger partial charge in [-0.25, -0.2) is 4.79 Å². The summed E-state index contributed by atoms with van der Waals surface area (Å²) in [5.41, 5.74) is 0. The van der Waals surface area contributed by atoms with Crippen LogP contribution in [0.5, 0.6) is 0 Å². The highest BCUT2D eigenvalue weighted by molar-refractivity contribution is 5.81. The summed E-state index contributed by atoms with van der Waals surface area (Å²) in [4.78, 5) is 13.3. The van der Waals surface area contributed by atoms with E-state index in [1.165, 1.54) is 18.9 Å². The molecule has 0 aromatic rings. The number of likely N-dealkylation sites (N-methyl/N-ethyl adjacent to an activating group) is 1. The first-order chi connectivity index (χ1) is 7.24. The molecule has 0 aliphatic rings. The van der Waals surface area contributed by atoms with Gasteiger partial charge in [0, 0.05) is 12.6 Å². The third-order valence-corrected chi connectivity index (χ3v) is 2.18. The lowest BCUT2D eigenvalue weighted by Gasteiger charge is -2.17. The van der Waals surface area contributed by atoms with Crippen LogP contribution in [0.4, 0.5) is 0 Å². The Bertz CT molecular complexity index is 190. The van der Waals surface area contributed by atoms with Crippen molar-refractivity contribution in [2.45, 2.75) is 33.6 Å². The van der Waals surface area contributed by atoms with Crippen LogP contribution in [0.3, 0.4) is 0 Å². The molecule has 0 fully saturated rings. The Kier molecular flexibility index (Phi) is 9.18. The summed E-state index contributed by atoms with van der Waals surface area (Å²) < 4.78 is 4.79. The van der Waals surface area contributed by atoms with Gasteiger partial charge >= 0.3 is 5.97 Å². The van der Waals surface area contributed by atoms with Crippen molar-refractivity contribution in [2.24, 2.45) is 0 Å². The number of esters is 1. The van der Waals surface area contributed by atoms with E-state index < -0.39 is 0 Å². The summed E-state index contributed by atoms with van der Waals surface area (Å²) in [5.74, 6) is -0.246.